The largest absolute Gasteiger partial charge is 0.370 e. The number of hydrogen-bond donors (Lipinski definition) is 1. The predicted octanol–water partition coefficient (Wildman–Crippen LogP) is 3.35. The van der Waals surface area contributed by atoms with Crippen LogP contribution in [0.1, 0.15) is 36.8 Å². The van der Waals surface area contributed by atoms with Gasteiger partial charge >= 0.3 is 0 Å². The lowest BCUT2D eigenvalue weighted by Gasteiger charge is -2.21. The Morgan fingerprint density at radius 3 is 2.30 bits per heavy atom. The van der Waals surface area contributed by atoms with Crippen LogP contribution in [0.3, 0.4) is 0 Å². The van der Waals surface area contributed by atoms with Crippen LogP contribution in [0.2, 0.25) is 0 Å². The van der Waals surface area contributed by atoms with Crippen molar-refractivity contribution in [2.75, 3.05) is 19.6 Å². The van der Waals surface area contributed by atoms with Gasteiger partial charge < -0.3 is 10.6 Å². The summed E-state index contributed by atoms with van der Waals surface area (Å²) in [6, 6.07) is 8.65. The first-order valence-corrected chi connectivity index (χ1v) is 7.36. The average Bonchev–Trinajstić information content (AvgIpc) is 2.70. The van der Waals surface area contributed by atoms with E-state index >= 15 is 0 Å². The smallest absolute Gasteiger partial charge is 0.191 e. The van der Waals surface area contributed by atoms with E-state index in [1.165, 1.54) is 36.8 Å². The molecule has 0 radical (unpaired) electrons. The second-order valence-electron chi connectivity index (χ2n) is 5.38. The van der Waals surface area contributed by atoms with Crippen molar-refractivity contribution in [1.29, 1.82) is 0 Å². The Morgan fingerprint density at radius 1 is 1.10 bits per heavy atom. The lowest BCUT2D eigenvalue weighted by molar-refractivity contribution is 0.428. The highest BCUT2D eigenvalue weighted by atomic mass is 127. The molecule has 0 spiro atoms. The highest BCUT2D eigenvalue weighted by Gasteiger charge is 2.10. The zero-order chi connectivity index (χ0) is 13.5. The van der Waals surface area contributed by atoms with Crippen molar-refractivity contribution in [3.63, 3.8) is 0 Å². The number of aliphatic imine (C=N–C) groups is 1. The summed E-state index contributed by atoms with van der Waals surface area (Å²) in [7, 11) is 0. The zero-order valence-corrected chi connectivity index (χ0v) is 14.7. The topological polar surface area (TPSA) is 41.6 Å². The third-order valence-corrected chi connectivity index (χ3v) is 3.72. The average molecular weight is 387 g/mol. The van der Waals surface area contributed by atoms with Gasteiger partial charge in [0.05, 0.1) is 0 Å². The standard InChI is InChI=1S/C16H25N3.HI/c1-14-6-8-15(9-7-14)10-11-18-16(17)19-12-4-2-3-5-13-19;/h6-9H,2-5,10-13H2,1H3,(H2,17,18);1H. The second-order valence-corrected chi connectivity index (χ2v) is 5.38. The molecule has 3 nitrogen and oxygen atoms in total. The van der Waals surface area contributed by atoms with Crippen LogP contribution in [0.5, 0.6) is 0 Å². The van der Waals surface area contributed by atoms with Crippen molar-refractivity contribution < 1.29 is 0 Å². The van der Waals surface area contributed by atoms with Crippen LogP contribution in [0.15, 0.2) is 29.3 Å². The molecule has 1 aliphatic heterocycles. The normalized spacial score (nSPS) is 16.4. The van der Waals surface area contributed by atoms with Crippen molar-refractivity contribution in [2.45, 2.75) is 39.0 Å². The van der Waals surface area contributed by atoms with Gasteiger partial charge in [0.15, 0.2) is 5.96 Å². The summed E-state index contributed by atoms with van der Waals surface area (Å²) in [6.45, 7) is 5.03. The lowest BCUT2D eigenvalue weighted by atomic mass is 10.1. The molecule has 0 bridgehead atoms. The van der Waals surface area contributed by atoms with Crippen molar-refractivity contribution in [2.24, 2.45) is 10.7 Å². The molecule has 4 heteroatoms. The molecule has 0 saturated carbocycles. The van der Waals surface area contributed by atoms with Crippen molar-refractivity contribution in [3.8, 4) is 0 Å². The molecule has 1 aromatic carbocycles. The van der Waals surface area contributed by atoms with E-state index in [-0.39, 0.29) is 24.0 Å². The van der Waals surface area contributed by atoms with Crippen LogP contribution in [0, 0.1) is 6.92 Å². The molecule has 1 heterocycles. The van der Waals surface area contributed by atoms with Gasteiger partial charge in [-0.05, 0) is 31.7 Å². The lowest BCUT2D eigenvalue weighted by Crippen LogP contribution is -2.38. The van der Waals surface area contributed by atoms with Crippen LogP contribution < -0.4 is 5.73 Å². The predicted molar refractivity (Wildman–Crippen MR) is 96.8 cm³/mol. The molecule has 2 N–H and O–H groups in total. The van der Waals surface area contributed by atoms with Crippen LogP contribution in [0.4, 0.5) is 0 Å². The van der Waals surface area contributed by atoms with E-state index in [4.69, 9.17) is 5.73 Å². The molecule has 0 atom stereocenters. The molecule has 0 amide bonds. The third kappa shape index (κ3) is 5.69. The maximum atomic E-state index is 6.08. The van der Waals surface area contributed by atoms with Crippen LogP contribution in [-0.2, 0) is 6.42 Å². The molecular weight excluding hydrogens is 361 g/mol. The minimum atomic E-state index is 0. The first-order chi connectivity index (χ1) is 9.25. The molecule has 2 rings (SSSR count). The number of guanidine groups is 1. The number of aryl methyl sites for hydroxylation is 1. The quantitative estimate of drug-likeness (QED) is 0.491. The molecule has 0 aromatic heterocycles. The van der Waals surface area contributed by atoms with Gasteiger partial charge in [-0.1, -0.05) is 42.7 Å². The Balaban J connectivity index is 0.00000200. The number of benzene rings is 1. The molecule has 112 valence electrons. The summed E-state index contributed by atoms with van der Waals surface area (Å²) >= 11 is 0. The minimum Gasteiger partial charge on any atom is -0.370 e. The molecule has 20 heavy (non-hydrogen) atoms. The Kier molecular flexibility index (Phi) is 7.95. The fourth-order valence-electron chi connectivity index (χ4n) is 2.45. The highest BCUT2D eigenvalue weighted by Crippen LogP contribution is 2.09. The monoisotopic (exact) mass is 387 g/mol. The molecular formula is C16H26IN3. The first kappa shape index (κ1) is 17.3. The van der Waals surface area contributed by atoms with Gasteiger partial charge in [0.25, 0.3) is 0 Å². The van der Waals surface area contributed by atoms with E-state index in [0.29, 0.717) is 0 Å². The van der Waals surface area contributed by atoms with Crippen LogP contribution >= 0.6 is 24.0 Å². The summed E-state index contributed by atoms with van der Waals surface area (Å²) in [4.78, 5) is 6.77. The highest BCUT2D eigenvalue weighted by molar-refractivity contribution is 14.0. The van der Waals surface area contributed by atoms with E-state index in [1.807, 2.05) is 0 Å². The second kappa shape index (κ2) is 9.21. The summed E-state index contributed by atoms with van der Waals surface area (Å²) in [5, 5.41) is 0. The molecule has 1 saturated heterocycles. The first-order valence-electron chi connectivity index (χ1n) is 7.36. The summed E-state index contributed by atoms with van der Waals surface area (Å²) in [6.07, 6.45) is 6.11. The van der Waals surface area contributed by atoms with Gasteiger partial charge in [-0.3, -0.25) is 4.99 Å². The number of nitrogens with zero attached hydrogens (tertiary/aromatic N) is 2. The van der Waals surface area contributed by atoms with E-state index < -0.39 is 0 Å². The SMILES string of the molecule is Cc1ccc(CCN=C(N)N2CCCCCC2)cc1.I. The molecule has 1 aromatic rings. The van der Waals surface area contributed by atoms with E-state index in [1.54, 1.807) is 0 Å². The van der Waals surface area contributed by atoms with E-state index in [9.17, 15) is 0 Å². The van der Waals surface area contributed by atoms with Crippen LogP contribution in [0.25, 0.3) is 0 Å². The van der Waals surface area contributed by atoms with Gasteiger partial charge in [0.1, 0.15) is 0 Å². The maximum Gasteiger partial charge on any atom is 0.191 e. The number of rotatable bonds is 3. The Morgan fingerprint density at radius 2 is 1.70 bits per heavy atom. The third-order valence-electron chi connectivity index (χ3n) is 3.72. The van der Waals surface area contributed by atoms with Crippen molar-refractivity contribution >= 4 is 29.9 Å². The van der Waals surface area contributed by atoms with Gasteiger partial charge in [0.2, 0.25) is 0 Å². The molecule has 0 aliphatic carbocycles. The van der Waals surface area contributed by atoms with Crippen molar-refractivity contribution in [3.05, 3.63) is 35.4 Å². The minimum absolute atomic E-state index is 0. The van der Waals surface area contributed by atoms with E-state index in [2.05, 4.69) is 41.1 Å². The Labute approximate surface area is 139 Å². The summed E-state index contributed by atoms with van der Waals surface area (Å²) < 4.78 is 0. The number of hydrogen-bond acceptors (Lipinski definition) is 1. The van der Waals surface area contributed by atoms with Gasteiger partial charge in [-0.25, -0.2) is 0 Å². The maximum absolute atomic E-state index is 6.08. The number of likely N-dealkylation sites (tertiary alicyclic amines) is 1. The van der Waals surface area contributed by atoms with Gasteiger partial charge in [-0.2, -0.15) is 0 Å². The van der Waals surface area contributed by atoms with E-state index in [0.717, 1.165) is 32.0 Å². The van der Waals surface area contributed by atoms with Crippen LogP contribution in [-0.4, -0.2) is 30.5 Å². The fraction of sp³-hybridized carbons (Fsp3) is 0.562. The Bertz CT molecular complexity index is 406. The molecule has 1 fully saturated rings. The molecule has 1 aliphatic rings. The summed E-state index contributed by atoms with van der Waals surface area (Å²) in [5.41, 5.74) is 8.72. The number of halogens is 1. The van der Waals surface area contributed by atoms with Crippen molar-refractivity contribution in [1.82, 2.24) is 4.90 Å². The summed E-state index contributed by atoms with van der Waals surface area (Å²) in [5.74, 6) is 0.731. The molecule has 0 unspecified atom stereocenters. The van der Waals surface area contributed by atoms with Gasteiger partial charge in [0, 0.05) is 19.6 Å². The Hall–Kier alpha value is -0.780. The van der Waals surface area contributed by atoms with Gasteiger partial charge in [-0.15, -0.1) is 24.0 Å². The fourth-order valence-corrected chi connectivity index (χ4v) is 2.45. The number of nitrogens with two attached hydrogens (primary N) is 1. The zero-order valence-electron chi connectivity index (χ0n) is 12.3.